The number of rotatable bonds is 3. The number of hydrogen-bond acceptors (Lipinski definition) is 3. The number of furan rings is 1. The van der Waals surface area contributed by atoms with Crippen LogP contribution in [-0.2, 0) is 0 Å². The highest BCUT2D eigenvalue weighted by Crippen LogP contribution is 2.05. The van der Waals surface area contributed by atoms with Gasteiger partial charge in [0, 0.05) is 13.0 Å². The number of nitrogens with zero attached hydrogens (tertiary/aromatic N) is 1. The van der Waals surface area contributed by atoms with Crippen molar-refractivity contribution in [2.24, 2.45) is 0 Å². The lowest BCUT2D eigenvalue weighted by atomic mass is 10.4. The molecule has 1 N–H and O–H groups in total. The maximum Gasteiger partial charge on any atom is 0.287 e. The summed E-state index contributed by atoms with van der Waals surface area (Å²) in [7, 11) is 0. The highest BCUT2D eigenvalue weighted by Gasteiger charge is 2.09. The lowest BCUT2D eigenvalue weighted by molar-refractivity contribution is 0.0926. The molecule has 1 rings (SSSR count). The molecular formula is C10H8N2O2. The third-order valence-electron chi connectivity index (χ3n) is 1.49. The summed E-state index contributed by atoms with van der Waals surface area (Å²) in [6.45, 7) is 0.401. The molecule has 0 aromatic carbocycles. The molecule has 1 aromatic rings. The molecule has 1 aromatic heterocycles. The van der Waals surface area contributed by atoms with Crippen LogP contribution < -0.4 is 5.32 Å². The van der Waals surface area contributed by atoms with Crippen molar-refractivity contribution in [2.75, 3.05) is 6.54 Å². The third-order valence-corrected chi connectivity index (χ3v) is 1.49. The molecule has 4 heteroatoms. The molecule has 0 aliphatic rings. The van der Waals surface area contributed by atoms with Crippen molar-refractivity contribution in [3.8, 4) is 18.4 Å². The summed E-state index contributed by atoms with van der Waals surface area (Å²) in [4.78, 5) is 11.3. The average molecular weight is 188 g/mol. The largest absolute Gasteiger partial charge is 0.440 e. The molecule has 0 fully saturated rings. The van der Waals surface area contributed by atoms with E-state index in [1.165, 1.54) is 12.1 Å². The molecule has 0 radical (unpaired) electrons. The highest BCUT2D eigenvalue weighted by molar-refractivity contribution is 5.91. The third kappa shape index (κ3) is 2.40. The van der Waals surface area contributed by atoms with Gasteiger partial charge in [0.05, 0.1) is 0 Å². The standard InChI is InChI=1S/C10H8N2O2/c1-2-3-6-12-10(13)9-5-4-8(7-11)14-9/h1,4-5H,3,6H2,(H,12,13). The maximum atomic E-state index is 11.3. The summed E-state index contributed by atoms with van der Waals surface area (Å²) in [5.41, 5.74) is 0. The van der Waals surface area contributed by atoms with Crippen LogP contribution in [0.15, 0.2) is 16.5 Å². The Labute approximate surface area is 81.5 Å². The maximum absolute atomic E-state index is 11.3. The molecule has 0 spiro atoms. The van der Waals surface area contributed by atoms with Gasteiger partial charge in [-0.05, 0) is 12.1 Å². The molecule has 1 heterocycles. The van der Waals surface area contributed by atoms with Gasteiger partial charge in [-0.3, -0.25) is 4.79 Å². The minimum absolute atomic E-state index is 0.118. The van der Waals surface area contributed by atoms with Gasteiger partial charge in [-0.15, -0.1) is 12.3 Å². The van der Waals surface area contributed by atoms with E-state index in [-0.39, 0.29) is 17.4 Å². The van der Waals surface area contributed by atoms with E-state index < -0.39 is 0 Å². The second-order valence-electron chi connectivity index (χ2n) is 2.49. The van der Waals surface area contributed by atoms with E-state index in [2.05, 4.69) is 11.2 Å². The lowest BCUT2D eigenvalue weighted by Gasteiger charge is -1.98. The Bertz CT molecular complexity index is 406. The first-order chi connectivity index (χ1) is 6.77. The minimum atomic E-state index is -0.359. The molecule has 0 atom stereocenters. The molecule has 0 saturated carbocycles. The normalized spacial score (nSPS) is 8.71. The lowest BCUT2D eigenvalue weighted by Crippen LogP contribution is -2.23. The fourth-order valence-corrected chi connectivity index (χ4v) is 0.855. The van der Waals surface area contributed by atoms with Gasteiger partial charge in [0.2, 0.25) is 5.76 Å². The van der Waals surface area contributed by atoms with Crippen molar-refractivity contribution in [1.82, 2.24) is 5.32 Å². The monoisotopic (exact) mass is 188 g/mol. The van der Waals surface area contributed by atoms with E-state index in [1.807, 2.05) is 0 Å². The van der Waals surface area contributed by atoms with Crippen LogP contribution in [0.2, 0.25) is 0 Å². The first-order valence-corrected chi connectivity index (χ1v) is 3.99. The minimum Gasteiger partial charge on any atom is -0.440 e. The van der Waals surface area contributed by atoms with Crippen LogP contribution in [0.3, 0.4) is 0 Å². The zero-order valence-electron chi connectivity index (χ0n) is 7.41. The predicted octanol–water partition coefficient (Wildman–Crippen LogP) is 0.904. The molecule has 0 aliphatic heterocycles. The first kappa shape index (κ1) is 9.88. The fraction of sp³-hybridized carbons (Fsp3) is 0.200. The quantitative estimate of drug-likeness (QED) is 0.566. The number of amides is 1. The fourth-order valence-electron chi connectivity index (χ4n) is 0.855. The first-order valence-electron chi connectivity index (χ1n) is 3.99. The van der Waals surface area contributed by atoms with Crippen molar-refractivity contribution in [3.63, 3.8) is 0 Å². The molecule has 70 valence electrons. The predicted molar refractivity (Wildman–Crippen MR) is 49.2 cm³/mol. The van der Waals surface area contributed by atoms with Crippen LogP contribution in [0.5, 0.6) is 0 Å². The van der Waals surface area contributed by atoms with Crippen molar-refractivity contribution in [3.05, 3.63) is 23.7 Å². The number of carbonyl (C=O) groups is 1. The Morgan fingerprint density at radius 2 is 2.43 bits per heavy atom. The summed E-state index contributed by atoms with van der Waals surface area (Å²) in [5.74, 6) is 2.28. The van der Waals surface area contributed by atoms with Crippen molar-refractivity contribution < 1.29 is 9.21 Å². The second kappa shape index (κ2) is 4.74. The van der Waals surface area contributed by atoms with E-state index in [0.29, 0.717) is 13.0 Å². The van der Waals surface area contributed by atoms with Crippen molar-refractivity contribution >= 4 is 5.91 Å². The summed E-state index contributed by atoms with van der Waals surface area (Å²) >= 11 is 0. The van der Waals surface area contributed by atoms with Gasteiger partial charge in [-0.1, -0.05) is 0 Å². The number of nitriles is 1. The van der Waals surface area contributed by atoms with Gasteiger partial charge >= 0.3 is 0 Å². The molecule has 0 saturated heterocycles. The molecule has 4 nitrogen and oxygen atoms in total. The Kier molecular flexibility index (Phi) is 3.34. The van der Waals surface area contributed by atoms with E-state index in [9.17, 15) is 4.79 Å². The molecule has 0 aliphatic carbocycles. The van der Waals surface area contributed by atoms with E-state index >= 15 is 0 Å². The van der Waals surface area contributed by atoms with Crippen molar-refractivity contribution in [1.29, 1.82) is 5.26 Å². The Morgan fingerprint density at radius 1 is 1.64 bits per heavy atom. The van der Waals surface area contributed by atoms with Gasteiger partial charge < -0.3 is 9.73 Å². The van der Waals surface area contributed by atoms with Gasteiger partial charge in [0.15, 0.2) is 5.76 Å². The smallest absolute Gasteiger partial charge is 0.287 e. The topological polar surface area (TPSA) is 66.0 Å². The Morgan fingerprint density at radius 3 is 3.00 bits per heavy atom. The van der Waals surface area contributed by atoms with Gasteiger partial charge in [-0.25, -0.2) is 0 Å². The molecule has 14 heavy (non-hydrogen) atoms. The van der Waals surface area contributed by atoms with Gasteiger partial charge in [0.1, 0.15) is 6.07 Å². The van der Waals surface area contributed by atoms with Crippen LogP contribution in [0.25, 0.3) is 0 Å². The zero-order valence-corrected chi connectivity index (χ0v) is 7.41. The number of carbonyl (C=O) groups excluding carboxylic acids is 1. The number of nitrogens with one attached hydrogen (secondary N) is 1. The van der Waals surface area contributed by atoms with E-state index in [4.69, 9.17) is 16.1 Å². The Balaban J connectivity index is 2.54. The Hall–Kier alpha value is -2.20. The number of terminal acetylenes is 1. The average Bonchev–Trinajstić information content (AvgIpc) is 2.66. The van der Waals surface area contributed by atoms with Crippen LogP contribution in [-0.4, -0.2) is 12.5 Å². The summed E-state index contributed by atoms with van der Waals surface area (Å²) in [6.07, 6.45) is 5.48. The zero-order chi connectivity index (χ0) is 10.4. The van der Waals surface area contributed by atoms with Crippen LogP contribution in [0.4, 0.5) is 0 Å². The summed E-state index contributed by atoms with van der Waals surface area (Å²) < 4.78 is 4.90. The SMILES string of the molecule is C#CCCNC(=O)c1ccc(C#N)o1. The highest BCUT2D eigenvalue weighted by atomic mass is 16.3. The molecule has 0 bridgehead atoms. The molecule has 0 unspecified atom stereocenters. The second-order valence-corrected chi connectivity index (χ2v) is 2.49. The van der Waals surface area contributed by atoms with E-state index in [0.717, 1.165) is 0 Å². The molecular weight excluding hydrogens is 180 g/mol. The van der Waals surface area contributed by atoms with Crippen LogP contribution >= 0.6 is 0 Å². The van der Waals surface area contributed by atoms with Gasteiger partial charge in [-0.2, -0.15) is 5.26 Å². The van der Waals surface area contributed by atoms with Crippen LogP contribution in [0.1, 0.15) is 22.7 Å². The number of hydrogen-bond donors (Lipinski definition) is 1. The van der Waals surface area contributed by atoms with Crippen LogP contribution in [0, 0.1) is 23.7 Å². The summed E-state index contributed by atoms with van der Waals surface area (Å²) in [5, 5.41) is 11.0. The summed E-state index contributed by atoms with van der Waals surface area (Å²) in [6, 6.07) is 4.68. The molecule has 1 amide bonds. The van der Waals surface area contributed by atoms with Gasteiger partial charge in [0.25, 0.3) is 5.91 Å². The van der Waals surface area contributed by atoms with Crippen molar-refractivity contribution in [2.45, 2.75) is 6.42 Å². The van der Waals surface area contributed by atoms with E-state index in [1.54, 1.807) is 6.07 Å².